The van der Waals surface area contributed by atoms with E-state index in [1.165, 1.54) is 0 Å². The van der Waals surface area contributed by atoms with Gasteiger partial charge in [0.25, 0.3) is 0 Å². The molecule has 1 fully saturated rings. The SMILES string of the molecule is COc1ccc2ncc(Cl)c(CCCC3(C(O[Si](C)C)C(C)(C)C)CCN(C(=O)O)CC3)c2c1. The monoisotopic (exact) mass is 505 g/mol. The van der Waals surface area contributed by atoms with E-state index < -0.39 is 15.1 Å². The molecule has 1 aliphatic heterocycles. The van der Waals surface area contributed by atoms with Crippen LogP contribution in [-0.4, -0.2) is 56.4 Å². The minimum Gasteiger partial charge on any atom is -0.497 e. The molecular weight excluding hydrogens is 468 g/mol. The normalized spacial score (nSPS) is 17.2. The Labute approximate surface area is 210 Å². The van der Waals surface area contributed by atoms with Crippen molar-refractivity contribution >= 4 is 37.6 Å². The Kier molecular flexibility index (Phi) is 8.53. The average Bonchev–Trinajstić information content (AvgIpc) is 2.78. The number of methoxy groups -OCH3 is 1. The third kappa shape index (κ3) is 6.04. The molecule has 3 rings (SSSR count). The van der Waals surface area contributed by atoms with E-state index in [4.69, 9.17) is 20.8 Å². The van der Waals surface area contributed by atoms with Gasteiger partial charge in [0.15, 0.2) is 0 Å². The van der Waals surface area contributed by atoms with Gasteiger partial charge in [-0.3, -0.25) is 4.98 Å². The smallest absolute Gasteiger partial charge is 0.407 e. The third-order valence-electron chi connectivity index (χ3n) is 6.96. The molecule has 0 saturated carbocycles. The number of ether oxygens (including phenoxy) is 1. The second-order valence-corrected chi connectivity index (χ2v) is 13.2. The lowest BCUT2D eigenvalue weighted by Gasteiger charge is -2.51. The van der Waals surface area contributed by atoms with Crippen LogP contribution in [-0.2, 0) is 10.8 Å². The molecule has 1 atom stereocenters. The zero-order valence-corrected chi connectivity index (χ0v) is 23.0. The van der Waals surface area contributed by atoms with Gasteiger partial charge in [0.1, 0.15) is 5.75 Å². The molecule has 1 aromatic heterocycles. The maximum absolute atomic E-state index is 11.6. The highest BCUT2D eigenvalue weighted by Gasteiger charge is 2.47. The molecule has 0 aliphatic carbocycles. The summed E-state index contributed by atoms with van der Waals surface area (Å²) in [7, 11) is 0.739. The molecule has 1 radical (unpaired) electrons. The van der Waals surface area contributed by atoms with Crippen molar-refractivity contribution in [2.45, 2.75) is 72.1 Å². The number of rotatable bonds is 8. The Morgan fingerprint density at radius 2 is 1.97 bits per heavy atom. The van der Waals surface area contributed by atoms with E-state index in [1.807, 2.05) is 18.2 Å². The van der Waals surface area contributed by atoms with Crippen LogP contribution in [0.15, 0.2) is 24.4 Å². The van der Waals surface area contributed by atoms with Crippen molar-refractivity contribution < 1.29 is 19.1 Å². The number of pyridine rings is 1. The van der Waals surface area contributed by atoms with Crippen molar-refractivity contribution in [3.63, 3.8) is 0 Å². The minimum atomic E-state index is -0.923. The fourth-order valence-electron chi connectivity index (χ4n) is 5.44. The summed E-state index contributed by atoms with van der Waals surface area (Å²) in [6, 6.07) is 5.89. The number of fused-ring (bicyclic) bond motifs is 1. The van der Waals surface area contributed by atoms with Crippen molar-refractivity contribution in [1.82, 2.24) is 9.88 Å². The molecule has 1 N–H and O–H groups in total. The third-order valence-corrected chi connectivity index (χ3v) is 7.99. The van der Waals surface area contributed by atoms with Crippen molar-refractivity contribution in [2.75, 3.05) is 20.2 Å². The second kappa shape index (κ2) is 10.8. The van der Waals surface area contributed by atoms with E-state index in [0.29, 0.717) is 18.1 Å². The topological polar surface area (TPSA) is 71.9 Å². The molecule has 2 heterocycles. The largest absolute Gasteiger partial charge is 0.497 e. The van der Waals surface area contributed by atoms with Crippen molar-refractivity contribution in [3.8, 4) is 5.75 Å². The van der Waals surface area contributed by atoms with Gasteiger partial charge in [-0.25, -0.2) is 4.79 Å². The highest BCUT2D eigenvalue weighted by Crippen LogP contribution is 2.48. The summed E-state index contributed by atoms with van der Waals surface area (Å²) >= 11 is 6.62. The van der Waals surface area contributed by atoms with Crippen LogP contribution in [0.3, 0.4) is 0 Å². The summed E-state index contributed by atoms with van der Waals surface area (Å²) < 4.78 is 12.1. The van der Waals surface area contributed by atoms with Crippen LogP contribution in [0.25, 0.3) is 10.9 Å². The van der Waals surface area contributed by atoms with E-state index in [0.717, 1.165) is 54.3 Å². The van der Waals surface area contributed by atoms with Crippen LogP contribution in [0.4, 0.5) is 4.79 Å². The molecule has 34 heavy (non-hydrogen) atoms. The van der Waals surface area contributed by atoms with Gasteiger partial charge in [0.2, 0.25) is 9.04 Å². The Balaban J connectivity index is 1.88. The summed E-state index contributed by atoms with van der Waals surface area (Å²) in [6.07, 6.45) is 5.32. The Morgan fingerprint density at radius 1 is 1.29 bits per heavy atom. The Morgan fingerprint density at radius 3 is 2.53 bits per heavy atom. The predicted octanol–water partition coefficient (Wildman–Crippen LogP) is 6.66. The first-order chi connectivity index (χ1) is 16.0. The second-order valence-electron chi connectivity index (χ2n) is 10.7. The maximum Gasteiger partial charge on any atom is 0.407 e. The molecule has 0 spiro atoms. The Bertz CT molecular complexity index is 1000. The van der Waals surface area contributed by atoms with E-state index in [9.17, 15) is 9.90 Å². The summed E-state index contributed by atoms with van der Waals surface area (Å²) in [5.74, 6) is 0.789. The first-order valence-corrected chi connectivity index (χ1v) is 14.8. The van der Waals surface area contributed by atoms with E-state index in [-0.39, 0.29) is 16.9 Å². The molecule has 0 bridgehead atoms. The number of piperidine rings is 1. The standard InChI is InChI=1S/C26H38ClN2O4Si/c1-25(2,3)23(33-34(5)6)26(12-14-29(15-13-26)24(30)31)11-7-8-19-20-16-18(32-4)9-10-22(20)28-17-21(19)27/h9-10,16-17,23H,7-8,11-15H2,1-6H3,(H,30,31). The number of hydrogen-bond acceptors (Lipinski definition) is 4. The lowest BCUT2D eigenvalue weighted by atomic mass is 9.63. The summed E-state index contributed by atoms with van der Waals surface area (Å²) in [6.45, 7) is 12.2. The zero-order chi connectivity index (χ0) is 25.1. The minimum absolute atomic E-state index is 0.0400. The van der Waals surface area contributed by atoms with Crippen LogP contribution in [0.2, 0.25) is 18.1 Å². The van der Waals surface area contributed by atoms with Gasteiger partial charge in [-0.1, -0.05) is 32.4 Å². The van der Waals surface area contributed by atoms with Gasteiger partial charge in [0, 0.05) is 24.7 Å². The number of aryl methyl sites for hydroxylation is 1. The molecule has 1 saturated heterocycles. The fourth-order valence-corrected chi connectivity index (χ4v) is 6.76. The van der Waals surface area contributed by atoms with Gasteiger partial charge in [0.05, 0.1) is 23.8 Å². The summed E-state index contributed by atoms with van der Waals surface area (Å²) in [5.41, 5.74) is 1.89. The van der Waals surface area contributed by atoms with Crippen LogP contribution in [0, 0.1) is 10.8 Å². The summed E-state index contributed by atoms with van der Waals surface area (Å²) in [4.78, 5) is 17.6. The molecule has 8 heteroatoms. The molecule has 1 aliphatic rings. The first kappa shape index (κ1) is 26.8. The molecule has 187 valence electrons. The molecule has 1 amide bonds. The number of amides is 1. The van der Waals surface area contributed by atoms with Crippen LogP contribution < -0.4 is 4.74 Å². The molecule has 2 aromatic rings. The molecule has 1 aromatic carbocycles. The van der Waals surface area contributed by atoms with Gasteiger partial charge in [-0.2, -0.15) is 0 Å². The molecular formula is C26H38ClN2O4Si. The predicted molar refractivity (Wildman–Crippen MR) is 139 cm³/mol. The number of aromatic nitrogens is 1. The van der Waals surface area contributed by atoms with Gasteiger partial charge in [-0.05, 0) is 79.8 Å². The van der Waals surface area contributed by atoms with Crippen LogP contribution in [0.1, 0.15) is 52.0 Å². The number of hydrogen-bond donors (Lipinski definition) is 1. The Hall–Kier alpha value is -1.83. The van der Waals surface area contributed by atoms with Crippen molar-refractivity contribution in [1.29, 1.82) is 0 Å². The number of halogens is 1. The van der Waals surface area contributed by atoms with E-state index >= 15 is 0 Å². The maximum atomic E-state index is 11.6. The van der Waals surface area contributed by atoms with Gasteiger partial charge in [-0.15, -0.1) is 0 Å². The number of carbonyl (C=O) groups is 1. The quantitative estimate of drug-likeness (QED) is 0.406. The fraction of sp³-hybridized carbons (Fsp3) is 0.615. The van der Waals surface area contributed by atoms with Gasteiger partial charge >= 0.3 is 6.09 Å². The molecule has 1 unspecified atom stereocenters. The lowest BCUT2D eigenvalue weighted by molar-refractivity contribution is -0.0690. The number of benzene rings is 1. The highest BCUT2D eigenvalue weighted by molar-refractivity contribution is 6.48. The van der Waals surface area contributed by atoms with Crippen LogP contribution in [0.5, 0.6) is 5.75 Å². The average molecular weight is 506 g/mol. The molecule has 6 nitrogen and oxygen atoms in total. The number of nitrogens with zero attached hydrogens (tertiary/aromatic N) is 2. The van der Waals surface area contributed by atoms with E-state index in [2.05, 4.69) is 38.8 Å². The highest BCUT2D eigenvalue weighted by atomic mass is 35.5. The van der Waals surface area contributed by atoms with Crippen LogP contribution >= 0.6 is 11.6 Å². The lowest BCUT2D eigenvalue weighted by Crippen LogP contribution is -2.53. The zero-order valence-electron chi connectivity index (χ0n) is 21.3. The van der Waals surface area contributed by atoms with Gasteiger partial charge < -0.3 is 19.2 Å². The van der Waals surface area contributed by atoms with Crippen molar-refractivity contribution in [2.24, 2.45) is 10.8 Å². The summed E-state index contributed by atoms with van der Waals surface area (Å²) in [5, 5.41) is 11.2. The number of likely N-dealkylation sites (tertiary alicyclic amines) is 1. The van der Waals surface area contributed by atoms with Crippen molar-refractivity contribution in [3.05, 3.63) is 35.0 Å². The first-order valence-electron chi connectivity index (χ1n) is 12.0. The number of carboxylic acid groups (broad SMARTS) is 1. The van der Waals surface area contributed by atoms with E-state index in [1.54, 1.807) is 18.2 Å².